The van der Waals surface area contributed by atoms with Crippen molar-refractivity contribution >= 4 is 11.6 Å². The Morgan fingerprint density at radius 3 is 1.91 bits per heavy atom. The van der Waals surface area contributed by atoms with Gasteiger partial charge < -0.3 is 24.3 Å². The molecule has 23 heavy (non-hydrogen) atoms. The van der Waals surface area contributed by atoms with Gasteiger partial charge in [-0.05, 0) is 18.2 Å². The van der Waals surface area contributed by atoms with Gasteiger partial charge in [-0.2, -0.15) is 0 Å². The van der Waals surface area contributed by atoms with Gasteiger partial charge in [-0.1, -0.05) is 0 Å². The number of amides is 1. The lowest BCUT2D eigenvalue weighted by atomic mass is 10.1. The standard InChI is InChI=1S/C17H19NO5/c1-20-13-8-12(9-14(10-13)21-2)18-17(19)11-5-6-15(22-3)16(7-11)23-4/h5-10H,1-4H3,(H,18,19). The highest BCUT2D eigenvalue weighted by Gasteiger charge is 2.12. The second-order valence-corrected chi connectivity index (χ2v) is 4.63. The predicted octanol–water partition coefficient (Wildman–Crippen LogP) is 2.97. The minimum Gasteiger partial charge on any atom is -0.497 e. The van der Waals surface area contributed by atoms with Gasteiger partial charge in [0.1, 0.15) is 11.5 Å². The highest BCUT2D eigenvalue weighted by atomic mass is 16.5. The SMILES string of the molecule is COc1cc(NC(=O)c2ccc(OC)c(OC)c2)cc(OC)c1. The third kappa shape index (κ3) is 3.85. The van der Waals surface area contributed by atoms with Crippen molar-refractivity contribution in [1.29, 1.82) is 0 Å². The molecule has 0 atom stereocenters. The summed E-state index contributed by atoms with van der Waals surface area (Å²) in [5.74, 6) is 1.95. The maximum atomic E-state index is 12.4. The molecule has 0 fully saturated rings. The zero-order valence-electron chi connectivity index (χ0n) is 13.5. The lowest BCUT2D eigenvalue weighted by Gasteiger charge is -2.11. The van der Waals surface area contributed by atoms with Crippen LogP contribution in [0.2, 0.25) is 0 Å². The molecule has 6 nitrogen and oxygen atoms in total. The normalized spacial score (nSPS) is 9.91. The first-order valence-electron chi connectivity index (χ1n) is 6.87. The highest BCUT2D eigenvalue weighted by Crippen LogP contribution is 2.29. The van der Waals surface area contributed by atoms with Crippen LogP contribution in [0, 0.1) is 0 Å². The molecule has 0 saturated heterocycles. The molecule has 0 bridgehead atoms. The molecular formula is C17H19NO5. The van der Waals surface area contributed by atoms with E-state index in [1.807, 2.05) is 0 Å². The first kappa shape index (κ1) is 16.5. The number of rotatable bonds is 6. The molecule has 122 valence electrons. The number of carbonyl (C=O) groups is 1. The largest absolute Gasteiger partial charge is 0.497 e. The summed E-state index contributed by atoms with van der Waals surface area (Å²) < 4.78 is 20.7. The highest BCUT2D eigenvalue weighted by molar-refractivity contribution is 6.04. The number of hydrogen-bond acceptors (Lipinski definition) is 5. The van der Waals surface area contributed by atoms with Crippen LogP contribution in [-0.4, -0.2) is 34.3 Å². The zero-order valence-corrected chi connectivity index (χ0v) is 13.5. The Hall–Kier alpha value is -2.89. The summed E-state index contributed by atoms with van der Waals surface area (Å²) >= 11 is 0. The van der Waals surface area contributed by atoms with Gasteiger partial charge in [0, 0.05) is 29.4 Å². The number of carbonyl (C=O) groups excluding carboxylic acids is 1. The van der Waals surface area contributed by atoms with Crippen LogP contribution in [0.4, 0.5) is 5.69 Å². The van der Waals surface area contributed by atoms with Crippen LogP contribution in [0.3, 0.4) is 0 Å². The summed E-state index contributed by atoms with van der Waals surface area (Å²) in [4.78, 5) is 12.4. The molecule has 0 aliphatic heterocycles. The minimum atomic E-state index is -0.277. The van der Waals surface area contributed by atoms with E-state index in [2.05, 4.69) is 5.32 Å². The van der Waals surface area contributed by atoms with Crippen molar-refractivity contribution in [3.63, 3.8) is 0 Å². The van der Waals surface area contributed by atoms with Crippen molar-refractivity contribution < 1.29 is 23.7 Å². The minimum absolute atomic E-state index is 0.277. The Morgan fingerprint density at radius 2 is 1.39 bits per heavy atom. The Bertz CT molecular complexity index is 677. The fraction of sp³-hybridized carbons (Fsp3) is 0.235. The van der Waals surface area contributed by atoms with Gasteiger partial charge in [-0.3, -0.25) is 4.79 Å². The fourth-order valence-electron chi connectivity index (χ4n) is 2.06. The van der Waals surface area contributed by atoms with Crippen molar-refractivity contribution in [1.82, 2.24) is 0 Å². The van der Waals surface area contributed by atoms with Crippen LogP contribution in [0.1, 0.15) is 10.4 Å². The molecule has 0 aliphatic rings. The van der Waals surface area contributed by atoms with Crippen LogP contribution in [0.25, 0.3) is 0 Å². The Labute approximate surface area is 134 Å². The first-order chi connectivity index (χ1) is 11.1. The molecule has 6 heteroatoms. The second-order valence-electron chi connectivity index (χ2n) is 4.63. The van der Waals surface area contributed by atoms with Gasteiger partial charge in [-0.15, -0.1) is 0 Å². The summed E-state index contributed by atoms with van der Waals surface area (Å²) in [5, 5.41) is 2.80. The van der Waals surface area contributed by atoms with Crippen LogP contribution >= 0.6 is 0 Å². The maximum Gasteiger partial charge on any atom is 0.255 e. The summed E-state index contributed by atoms with van der Waals surface area (Å²) in [6.45, 7) is 0. The fourth-order valence-corrected chi connectivity index (χ4v) is 2.06. The lowest BCUT2D eigenvalue weighted by molar-refractivity contribution is 0.102. The van der Waals surface area contributed by atoms with E-state index >= 15 is 0 Å². The van der Waals surface area contributed by atoms with Crippen LogP contribution in [0.15, 0.2) is 36.4 Å². The number of methoxy groups -OCH3 is 4. The Balaban J connectivity index is 2.25. The van der Waals surface area contributed by atoms with Crippen molar-refractivity contribution in [2.45, 2.75) is 0 Å². The third-order valence-electron chi connectivity index (χ3n) is 3.26. The summed E-state index contributed by atoms with van der Waals surface area (Å²) in [7, 11) is 6.16. The number of ether oxygens (including phenoxy) is 4. The van der Waals surface area contributed by atoms with E-state index in [0.717, 1.165) is 0 Å². The van der Waals surface area contributed by atoms with E-state index in [1.165, 1.54) is 7.11 Å². The van der Waals surface area contributed by atoms with Gasteiger partial charge >= 0.3 is 0 Å². The molecular weight excluding hydrogens is 298 g/mol. The molecule has 0 unspecified atom stereocenters. The molecule has 1 N–H and O–H groups in total. The van der Waals surface area contributed by atoms with Gasteiger partial charge in [0.2, 0.25) is 0 Å². The number of hydrogen-bond donors (Lipinski definition) is 1. The predicted molar refractivity (Wildman–Crippen MR) is 87.0 cm³/mol. The van der Waals surface area contributed by atoms with Gasteiger partial charge in [0.05, 0.1) is 28.4 Å². The van der Waals surface area contributed by atoms with Crippen molar-refractivity contribution in [3.05, 3.63) is 42.0 Å². The molecule has 1 amide bonds. The van der Waals surface area contributed by atoms with E-state index in [9.17, 15) is 4.79 Å². The summed E-state index contributed by atoms with van der Waals surface area (Å²) in [6, 6.07) is 10.1. The second kappa shape index (κ2) is 7.40. The lowest BCUT2D eigenvalue weighted by Crippen LogP contribution is -2.12. The molecule has 2 aromatic carbocycles. The van der Waals surface area contributed by atoms with Crippen molar-refractivity contribution in [3.8, 4) is 23.0 Å². The number of nitrogens with one attached hydrogen (secondary N) is 1. The molecule has 0 saturated carbocycles. The van der Waals surface area contributed by atoms with Crippen molar-refractivity contribution in [2.75, 3.05) is 33.8 Å². The molecule has 0 heterocycles. The van der Waals surface area contributed by atoms with Gasteiger partial charge in [0.25, 0.3) is 5.91 Å². The zero-order chi connectivity index (χ0) is 16.8. The van der Waals surface area contributed by atoms with E-state index in [0.29, 0.717) is 34.2 Å². The van der Waals surface area contributed by atoms with E-state index in [1.54, 1.807) is 57.7 Å². The van der Waals surface area contributed by atoms with Crippen molar-refractivity contribution in [2.24, 2.45) is 0 Å². The third-order valence-corrected chi connectivity index (χ3v) is 3.26. The summed E-state index contributed by atoms with van der Waals surface area (Å²) in [6.07, 6.45) is 0. The molecule has 0 radical (unpaired) electrons. The molecule has 0 aromatic heterocycles. The molecule has 0 aliphatic carbocycles. The number of benzene rings is 2. The van der Waals surface area contributed by atoms with E-state index in [4.69, 9.17) is 18.9 Å². The van der Waals surface area contributed by atoms with Gasteiger partial charge in [-0.25, -0.2) is 0 Å². The Kier molecular flexibility index (Phi) is 5.30. The topological polar surface area (TPSA) is 66.0 Å². The average molecular weight is 317 g/mol. The van der Waals surface area contributed by atoms with E-state index < -0.39 is 0 Å². The monoisotopic (exact) mass is 317 g/mol. The van der Waals surface area contributed by atoms with Crippen LogP contribution < -0.4 is 24.3 Å². The summed E-state index contributed by atoms with van der Waals surface area (Å²) in [5.41, 5.74) is 1.02. The van der Waals surface area contributed by atoms with Crippen LogP contribution in [-0.2, 0) is 0 Å². The maximum absolute atomic E-state index is 12.4. The number of anilines is 1. The molecule has 2 aromatic rings. The smallest absolute Gasteiger partial charge is 0.255 e. The molecule has 0 spiro atoms. The first-order valence-corrected chi connectivity index (χ1v) is 6.87. The quantitative estimate of drug-likeness (QED) is 0.887. The average Bonchev–Trinajstić information content (AvgIpc) is 2.60. The van der Waals surface area contributed by atoms with Gasteiger partial charge in [0.15, 0.2) is 11.5 Å². The van der Waals surface area contributed by atoms with Crippen LogP contribution in [0.5, 0.6) is 23.0 Å². The molecule has 2 rings (SSSR count). The van der Waals surface area contributed by atoms with E-state index in [-0.39, 0.29) is 5.91 Å². The Morgan fingerprint density at radius 1 is 0.783 bits per heavy atom.